The number of piperazine rings is 1. The van der Waals surface area contributed by atoms with Crippen molar-refractivity contribution in [2.24, 2.45) is 0 Å². The fraction of sp³-hybridized carbons (Fsp3) is 0.391. The lowest BCUT2D eigenvalue weighted by Gasteiger charge is -2.41. The summed E-state index contributed by atoms with van der Waals surface area (Å²) in [5.41, 5.74) is 4.32. The highest BCUT2D eigenvalue weighted by Crippen LogP contribution is 2.30. The predicted molar refractivity (Wildman–Crippen MR) is 119 cm³/mol. The fourth-order valence-electron chi connectivity index (χ4n) is 4.44. The highest BCUT2D eigenvalue weighted by Gasteiger charge is 2.28. The third kappa shape index (κ3) is 3.97. The van der Waals surface area contributed by atoms with Gasteiger partial charge in [0.25, 0.3) is 0 Å². The molecule has 2 aliphatic heterocycles. The summed E-state index contributed by atoms with van der Waals surface area (Å²) in [6.45, 7) is 5.36. The van der Waals surface area contributed by atoms with E-state index in [-0.39, 0.29) is 18.5 Å². The summed E-state index contributed by atoms with van der Waals surface area (Å²) < 4.78 is 10.8. The molecule has 1 amide bonds. The van der Waals surface area contributed by atoms with E-state index in [9.17, 15) is 9.59 Å². The van der Waals surface area contributed by atoms with E-state index in [4.69, 9.17) is 9.15 Å². The number of aromatic nitrogens is 1. The van der Waals surface area contributed by atoms with Gasteiger partial charge in [0.2, 0.25) is 5.91 Å². The van der Waals surface area contributed by atoms with Crippen LogP contribution >= 0.6 is 0 Å². The van der Waals surface area contributed by atoms with Crippen LogP contribution in [0.2, 0.25) is 0 Å². The van der Waals surface area contributed by atoms with Crippen LogP contribution in [0.25, 0.3) is 11.1 Å². The molecule has 1 atom stereocenters. The lowest BCUT2D eigenvalue weighted by molar-refractivity contribution is -0.131. The Hall–Kier alpha value is -3.42. The number of H-pyrrole nitrogens is 1. The number of anilines is 2. The van der Waals surface area contributed by atoms with Gasteiger partial charge in [-0.3, -0.25) is 9.78 Å². The lowest BCUT2D eigenvalue weighted by atomic mass is 10.0. The van der Waals surface area contributed by atoms with Gasteiger partial charge in [-0.05, 0) is 55.7 Å². The van der Waals surface area contributed by atoms with E-state index in [1.807, 2.05) is 11.0 Å². The minimum atomic E-state index is -0.485. The summed E-state index contributed by atoms with van der Waals surface area (Å²) in [5, 5.41) is 3.15. The Kier molecular flexibility index (Phi) is 5.05. The number of nitrogens with zero attached hydrogens (tertiary/aromatic N) is 2. The first-order chi connectivity index (χ1) is 15.1. The molecule has 1 saturated heterocycles. The second-order valence-electron chi connectivity index (χ2n) is 8.21. The molecule has 2 aliphatic rings. The number of oxazole rings is 1. The number of benzene rings is 2. The van der Waals surface area contributed by atoms with Crippen LogP contribution in [0.4, 0.5) is 11.4 Å². The number of fused-ring (bicyclic) bond motifs is 2. The minimum absolute atomic E-state index is 0.0570. The van der Waals surface area contributed by atoms with Gasteiger partial charge >= 0.3 is 5.76 Å². The van der Waals surface area contributed by atoms with Crippen LogP contribution in [-0.2, 0) is 11.2 Å². The molecule has 1 fully saturated rings. The second kappa shape index (κ2) is 8.02. The smallest absolute Gasteiger partial charge is 0.417 e. The number of ether oxygens (including phenoxy) is 1. The fourth-order valence-corrected chi connectivity index (χ4v) is 4.44. The average molecular weight is 422 g/mol. The van der Waals surface area contributed by atoms with Crippen molar-refractivity contribution in [1.29, 1.82) is 0 Å². The van der Waals surface area contributed by atoms with Crippen molar-refractivity contribution in [3.8, 4) is 5.75 Å². The number of aryl methyl sites for hydroxylation is 1. The van der Waals surface area contributed by atoms with E-state index in [0.29, 0.717) is 17.6 Å². The molecule has 0 spiro atoms. The summed E-state index contributed by atoms with van der Waals surface area (Å²) >= 11 is 0. The van der Waals surface area contributed by atoms with Crippen molar-refractivity contribution in [3.05, 3.63) is 52.5 Å². The van der Waals surface area contributed by atoms with E-state index in [0.717, 1.165) is 44.0 Å². The summed E-state index contributed by atoms with van der Waals surface area (Å²) in [4.78, 5) is 31.0. The zero-order valence-electron chi connectivity index (χ0n) is 17.5. The Morgan fingerprint density at radius 2 is 2.13 bits per heavy atom. The standard InChI is InChI=1S/C23H26N4O4/c1-15-14-26(18-5-7-20-16(11-18)3-2-10-30-20)8-9-27(15)22(28)13-24-17-4-6-19-21(12-17)31-23(29)25-19/h4-7,11-12,15,24H,2-3,8-10,13-14H2,1H3,(H,25,29)/t15-/m1/s1. The summed E-state index contributed by atoms with van der Waals surface area (Å²) in [6, 6.07) is 11.8. The summed E-state index contributed by atoms with van der Waals surface area (Å²) in [6.07, 6.45) is 2.12. The van der Waals surface area contributed by atoms with Gasteiger partial charge in [-0.15, -0.1) is 0 Å². The highest BCUT2D eigenvalue weighted by atomic mass is 16.5. The van der Waals surface area contributed by atoms with E-state index in [1.165, 1.54) is 11.3 Å². The molecule has 31 heavy (non-hydrogen) atoms. The van der Waals surface area contributed by atoms with Gasteiger partial charge < -0.3 is 24.3 Å². The first-order valence-electron chi connectivity index (χ1n) is 10.7. The van der Waals surface area contributed by atoms with Crippen LogP contribution in [0.15, 0.2) is 45.6 Å². The Bertz CT molecular complexity index is 1170. The molecule has 0 unspecified atom stereocenters. The summed E-state index contributed by atoms with van der Waals surface area (Å²) in [7, 11) is 0. The quantitative estimate of drug-likeness (QED) is 0.672. The van der Waals surface area contributed by atoms with Crippen LogP contribution in [0.3, 0.4) is 0 Å². The van der Waals surface area contributed by atoms with Gasteiger partial charge in [-0.2, -0.15) is 0 Å². The normalized spacial score (nSPS) is 18.5. The van der Waals surface area contributed by atoms with Crippen molar-refractivity contribution in [2.75, 3.05) is 43.0 Å². The van der Waals surface area contributed by atoms with Gasteiger partial charge in [0.15, 0.2) is 5.58 Å². The molecule has 2 aromatic carbocycles. The van der Waals surface area contributed by atoms with Gasteiger partial charge in [-0.1, -0.05) is 0 Å². The van der Waals surface area contributed by atoms with Crippen molar-refractivity contribution >= 4 is 28.4 Å². The number of carbonyl (C=O) groups is 1. The monoisotopic (exact) mass is 422 g/mol. The topological polar surface area (TPSA) is 90.8 Å². The third-order valence-corrected chi connectivity index (χ3v) is 6.07. The Labute approximate surface area is 179 Å². The predicted octanol–water partition coefficient (Wildman–Crippen LogP) is 2.60. The zero-order valence-corrected chi connectivity index (χ0v) is 17.5. The molecular weight excluding hydrogens is 396 g/mol. The number of rotatable bonds is 4. The molecule has 0 saturated carbocycles. The van der Waals surface area contributed by atoms with Gasteiger partial charge in [0.05, 0.1) is 18.7 Å². The number of hydrogen-bond acceptors (Lipinski definition) is 6. The van der Waals surface area contributed by atoms with Gasteiger partial charge in [0, 0.05) is 43.1 Å². The number of nitrogens with one attached hydrogen (secondary N) is 2. The molecule has 8 heteroatoms. The number of hydrogen-bond donors (Lipinski definition) is 2. The first kappa shape index (κ1) is 19.5. The highest BCUT2D eigenvalue weighted by molar-refractivity contribution is 5.83. The third-order valence-electron chi connectivity index (χ3n) is 6.07. The average Bonchev–Trinajstić information content (AvgIpc) is 3.16. The molecule has 1 aromatic heterocycles. The molecule has 3 heterocycles. The van der Waals surface area contributed by atoms with Gasteiger partial charge in [0.1, 0.15) is 5.75 Å². The lowest BCUT2D eigenvalue weighted by Crippen LogP contribution is -2.55. The van der Waals surface area contributed by atoms with Crippen LogP contribution in [0, 0.1) is 0 Å². The molecular formula is C23H26N4O4. The van der Waals surface area contributed by atoms with E-state index >= 15 is 0 Å². The maximum absolute atomic E-state index is 12.8. The molecule has 0 radical (unpaired) electrons. The van der Waals surface area contributed by atoms with E-state index in [1.54, 1.807) is 12.1 Å². The molecule has 5 rings (SSSR count). The van der Waals surface area contributed by atoms with Crippen molar-refractivity contribution < 1.29 is 13.9 Å². The molecule has 8 nitrogen and oxygen atoms in total. The first-order valence-corrected chi connectivity index (χ1v) is 10.7. The van der Waals surface area contributed by atoms with Gasteiger partial charge in [-0.25, -0.2) is 4.79 Å². The van der Waals surface area contributed by atoms with Crippen molar-refractivity contribution in [3.63, 3.8) is 0 Å². The number of amides is 1. The van der Waals surface area contributed by atoms with Crippen LogP contribution < -0.4 is 20.7 Å². The largest absolute Gasteiger partial charge is 0.493 e. The second-order valence-corrected chi connectivity index (χ2v) is 8.21. The maximum Gasteiger partial charge on any atom is 0.417 e. The van der Waals surface area contributed by atoms with Crippen molar-refractivity contribution in [2.45, 2.75) is 25.8 Å². The van der Waals surface area contributed by atoms with Crippen molar-refractivity contribution in [1.82, 2.24) is 9.88 Å². The van der Waals surface area contributed by atoms with E-state index < -0.39 is 5.76 Å². The Morgan fingerprint density at radius 3 is 3.00 bits per heavy atom. The Morgan fingerprint density at radius 1 is 1.23 bits per heavy atom. The molecule has 0 bridgehead atoms. The van der Waals surface area contributed by atoms with Crippen LogP contribution in [0.1, 0.15) is 18.9 Å². The molecule has 3 aromatic rings. The maximum atomic E-state index is 12.8. The zero-order chi connectivity index (χ0) is 21.4. The summed E-state index contributed by atoms with van der Waals surface area (Å²) in [5.74, 6) is 0.572. The molecule has 162 valence electrons. The number of carbonyl (C=O) groups excluding carboxylic acids is 1. The molecule has 0 aliphatic carbocycles. The molecule has 2 N–H and O–H groups in total. The van der Waals surface area contributed by atoms with Crippen LogP contribution in [-0.4, -0.2) is 54.6 Å². The number of aromatic amines is 1. The SMILES string of the molecule is C[C@@H]1CN(c2ccc3c(c2)CCCO3)CCN1C(=O)CNc1ccc2[nH]c(=O)oc2c1. The Balaban J connectivity index is 1.20. The van der Waals surface area contributed by atoms with E-state index in [2.05, 4.69) is 40.3 Å². The van der Waals surface area contributed by atoms with Crippen LogP contribution in [0.5, 0.6) is 5.75 Å². The minimum Gasteiger partial charge on any atom is -0.493 e.